The van der Waals surface area contributed by atoms with E-state index in [0.29, 0.717) is 11.1 Å². The van der Waals surface area contributed by atoms with E-state index in [2.05, 4.69) is 57.1 Å². The molecule has 0 spiro atoms. The molecule has 1 unspecified atom stereocenters. The minimum atomic E-state index is -0.564. The maximum atomic E-state index is 12.3. The molecule has 2 aromatic rings. The Morgan fingerprint density at radius 3 is 2.50 bits per heavy atom. The van der Waals surface area contributed by atoms with Gasteiger partial charge in [0.2, 0.25) is 5.90 Å². The van der Waals surface area contributed by atoms with Crippen molar-refractivity contribution in [1.82, 2.24) is 0 Å². The van der Waals surface area contributed by atoms with Gasteiger partial charge in [-0.2, -0.15) is 0 Å². The second-order valence-corrected chi connectivity index (χ2v) is 9.07. The lowest BCUT2D eigenvalue weighted by Gasteiger charge is -2.16. The molecule has 0 aliphatic carbocycles. The molecule has 156 valence electrons. The van der Waals surface area contributed by atoms with Gasteiger partial charge in [0.05, 0.1) is 18.2 Å². The first-order valence-corrected chi connectivity index (χ1v) is 11.3. The van der Waals surface area contributed by atoms with Gasteiger partial charge >= 0.3 is 5.97 Å². The number of halogens is 2. The number of ether oxygens (including phenoxy) is 2. The molecular weight excluding hydrogens is 614 g/mol. The number of hydrogen-bond donors (Lipinski definition) is 0. The van der Waals surface area contributed by atoms with Crippen LogP contribution in [0.5, 0.6) is 5.75 Å². The van der Waals surface area contributed by atoms with Gasteiger partial charge in [-0.25, -0.2) is 9.79 Å². The highest BCUT2D eigenvalue weighted by molar-refractivity contribution is 14.1. The fourth-order valence-electron chi connectivity index (χ4n) is 2.74. The van der Waals surface area contributed by atoms with Crippen LogP contribution >= 0.6 is 45.2 Å². The van der Waals surface area contributed by atoms with E-state index in [1.165, 1.54) is 12.1 Å². The molecule has 0 saturated carbocycles. The van der Waals surface area contributed by atoms with E-state index in [0.717, 1.165) is 24.9 Å². The number of carbonyl (C=O) groups is 1. The maximum absolute atomic E-state index is 12.3. The Morgan fingerprint density at radius 1 is 1.27 bits per heavy atom. The number of rotatable bonds is 6. The third-order valence-corrected chi connectivity index (χ3v) is 6.08. The second kappa shape index (κ2) is 9.41. The number of nitro groups is 1. The summed E-state index contributed by atoms with van der Waals surface area (Å²) in [6, 6.07) is 8.32. The predicted octanol–water partition coefficient (Wildman–Crippen LogP) is 5.63. The highest BCUT2D eigenvalue weighted by atomic mass is 127. The van der Waals surface area contributed by atoms with Gasteiger partial charge in [0.1, 0.15) is 5.75 Å². The standard InChI is InChI=1S/C21H18I2N2O5/c1-4-12(3)29-19-15(22)8-13(9-16(19)23)10-17-21(26)30-20(24-17)14-5-6-18(25(27)28)11(2)7-14/h5-10,12H,4H2,1-3H3/b17-10-. The monoisotopic (exact) mass is 632 g/mol. The lowest BCUT2D eigenvalue weighted by atomic mass is 10.1. The Kier molecular flexibility index (Phi) is 7.11. The van der Waals surface area contributed by atoms with Crippen LogP contribution in [-0.2, 0) is 9.53 Å². The minimum absolute atomic E-state index is 0.00305. The molecule has 1 heterocycles. The van der Waals surface area contributed by atoms with Crippen LogP contribution in [0.2, 0.25) is 0 Å². The molecule has 0 N–H and O–H groups in total. The molecule has 0 fully saturated rings. The number of nitro benzene ring substituents is 1. The fourth-order valence-corrected chi connectivity index (χ4v) is 4.81. The smallest absolute Gasteiger partial charge is 0.363 e. The molecule has 0 aromatic heterocycles. The quantitative estimate of drug-likeness (QED) is 0.135. The van der Waals surface area contributed by atoms with Crippen molar-refractivity contribution in [2.24, 2.45) is 4.99 Å². The van der Waals surface area contributed by atoms with Gasteiger partial charge < -0.3 is 9.47 Å². The zero-order valence-electron chi connectivity index (χ0n) is 16.4. The van der Waals surface area contributed by atoms with Gasteiger partial charge in [0.25, 0.3) is 5.69 Å². The number of hydrogen-bond acceptors (Lipinski definition) is 6. The molecule has 3 rings (SSSR count). The van der Waals surface area contributed by atoms with Crippen molar-refractivity contribution < 1.29 is 19.2 Å². The van der Waals surface area contributed by atoms with Crippen molar-refractivity contribution in [3.63, 3.8) is 0 Å². The van der Waals surface area contributed by atoms with Crippen LogP contribution in [0.15, 0.2) is 41.0 Å². The van der Waals surface area contributed by atoms with Crippen molar-refractivity contribution in [2.75, 3.05) is 0 Å². The zero-order valence-corrected chi connectivity index (χ0v) is 20.8. The largest absolute Gasteiger partial charge is 0.489 e. The van der Waals surface area contributed by atoms with E-state index in [1.807, 2.05) is 19.1 Å². The number of esters is 1. The summed E-state index contributed by atoms with van der Waals surface area (Å²) < 4.78 is 13.1. The van der Waals surface area contributed by atoms with Crippen LogP contribution in [0.25, 0.3) is 6.08 Å². The van der Waals surface area contributed by atoms with Crippen LogP contribution in [-0.4, -0.2) is 22.9 Å². The van der Waals surface area contributed by atoms with Crippen LogP contribution in [0.3, 0.4) is 0 Å². The van der Waals surface area contributed by atoms with Gasteiger partial charge in [-0.3, -0.25) is 10.1 Å². The molecule has 0 amide bonds. The maximum Gasteiger partial charge on any atom is 0.363 e. The summed E-state index contributed by atoms with van der Waals surface area (Å²) in [4.78, 5) is 27.1. The third kappa shape index (κ3) is 4.99. The first-order valence-electron chi connectivity index (χ1n) is 9.13. The third-order valence-electron chi connectivity index (χ3n) is 4.48. The van der Waals surface area contributed by atoms with E-state index in [9.17, 15) is 14.9 Å². The van der Waals surface area contributed by atoms with Crippen LogP contribution in [0.1, 0.15) is 37.0 Å². The fraction of sp³-hybridized carbons (Fsp3) is 0.238. The molecular formula is C21H18I2N2O5. The summed E-state index contributed by atoms with van der Waals surface area (Å²) >= 11 is 4.42. The minimum Gasteiger partial charge on any atom is -0.489 e. The number of carbonyl (C=O) groups excluding carboxylic acids is 1. The highest BCUT2D eigenvalue weighted by Crippen LogP contribution is 2.31. The first kappa shape index (κ1) is 22.7. The number of cyclic esters (lactones) is 1. The summed E-state index contributed by atoms with van der Waals surface area (Å²) in [5.74, 6) is 0.392. The van der Waals surface area contributed by atoms with E-state index in [1.54, 1.807) is 19.1 Å². The lowest BCUT2D eigenvalue weighted by molar-refractivity contribution is -0.385. The van der Waals surface area contributed by atoms with E-state index in [-0.39, 0.29) is 23.4 Å². The molecule has 1 aliphatic heterocycles. The summed E-state index contributed by atoms with van der Waals surface area (Å²) in [7, 11) is 0. The number of aliphatic imine (C=N–C) groups is 1. The van der Waals surface area contributed by atoms with Gasteiger partial charge in [-0.15, -0.1) is 0 Å². The Hall–Kier alpha value is -2.02. The van der Waals surface area contributed by atoms with Gasteiger partial charge in [-0.1, -0.05) is 6.92 Å². The SMILES string of the molecule is CCC(C)Oc1c(I)cc(/C=C2\N=C(c3ccc([N+](=O)[O-])c(C)c3)OC2=O)cc1I. The molecule has 0 radical (unpaired) electrons. The van der Waals surface area contributed by atoms with Crippen LogP contribution in [0, 0.1) is 24.2 Å². The second-order valence-electron chi connectivity index (χ2n) is 6.74. The average Bonchev–Trinajstić information content (AvgIpc) is 3.04. The number of benzene rings is 2. The Labute approximate surface area is 201 Å². The molecule has 2 aromatic carbocycles. The van der Waals surface area contributed by atoms with Crippen molar-refractivity contribution in [3.8, 4) is 5.75 Å². The molecule has 0 saturated heterocycles. The van der Waals surface area contributed by atoms with Gasteiger partial charge in [0, 0.05) is 17.2 Å². The van der Waals surface area contributed by atoms with E-state index in [4.69, 9.17) is 9.47 Å². The van der Waals surface area contributed by atoms with Crippen LogP contribution in [0.4, 0.5) is 5.69 Å². The van der Waals surface area contributed by atoms with Crippen molar-refractivity contribution in [2.45, 2.75) is 33.3 Å². The average molecular weight is 632 g/mol. The van der Waals surface area contributed by atoms with Crippen molar-refractivity contribution >= 4 is 68.8 Å². The van der Waals surface area contributed by atoms with Crippen molar-refractivity contribution in [1.29, 1.82) is 0 Å². The molecule has 0 bridgehead atoms. The molecule has 1 atom stereocenters. The molecule has 30 heavy (non-hydrogen) atoms. The van der Waals surface area contributed by atoms with Gasteiger partial charge in [-0.05, 0) is 101 Å². The number of aryl methyl sites for hydroxylation is 1. The van der Waals surface area contributed by atoms with E-state index >= 15 is 0 Å². The van der Waals surface area contributed by atoms with Crippen molar-refractivity contribution in [3.05, 3.63) is 70.0 Å². The Bertz CT molecular complexity index is 1070. The summed E-state index contributed by atoms with van der Waals surface area (Å²) in [5.41, 5.74) is 1.95. The summed E-state index contributed by atoms with van der Waals surface area (Å²) in [6.07, 6.45) is 2.67. The Balaban J connectivity index is 1.91. The normalized spacial score (nSPS) is 15.7. The highest BCUT2D eigenvalue weighted by Gasteiger charge is 2.25. The lowest BCUT2D eigenvalue weighted by Crippen LogP contribution is -2.11. The predicted molar refractivity (Wildman–Crippen MR) is 131 cm³/mol. The van der Waals surface area contributed by atoms with Gasteiger partial charge in [0.15, 0.2) is 5.70 Å². The Morgan fingerprint density at radius 2 is 1.93 bits per heavy atom. The number of nitrogens with zero attached hydrogens (tertiary/aromatic N) is 2. The molecule has 1 aliphatic rings. The molecule has 9 heteroatoms. The summed E-state index contributed by atoms with van der Waals surface area (Å²) in [6.45, 7) is 5.71. The summed E-state index contributed by atoms with van der Waals surface area (Å²) in [5, 5.41) is 11.0. The molecule has 7 nitrogen and oxygen atoms in total. The topological polar surface area (TPSA) is 91.0 Å². The first-order chi connectivity index (χ1) is 14.2. The van der Waals surface area contributed by atoms with Crippen LogP contribution < -0.4 is 4.74 Å². The van der Waals surface area contributed by atoms with E-state index < -0.39 is 10.9 Å². The zero-order chi connectivity index (χ0) is 22.0.